The number of anilines is 2. The van der Waals surface area contributed by atoms with Gasteiger partial charge in [0.05, 0.1) is 5.75 Å². The maximum absolute atomic E-state index is 12.9. The van der Waals surface area contributed by atoms with E-state index in [4.69, 9.17) is 4.74 Å². The highest BCUT2D eigenvalue weighted by molar-refractivity contribution is 7.90. The second-order valence-electron chi connectivity index (χ2n) is 5.98. The van der Waals surface area contributed by atoms with Gasteiger partial charge in [0.15, 0.2) is 0 Å². The number of nitrogens with zero attached hydrogens (tertiary/aromatic N) is 2. The van der Waals surface area contributed by atoms with Gasteiger partial charge < -0.3 is 10.1 Å². The molecule has 0 aliphatic rings. The predicted molar refractivity (Wildman–Crippen MR) is 102 cm³/mol. The fourth-order valence-electron chi connectivity index (χ4n) is 2.27. The molecule has 1 heterocycles. The lowest BCUT2D eigenvalue weighted by atomic mass is 10.1. The molecule has 1 N–H and O–H groups in total. The Labute approximate surface area is 157 Å². The number of benzene rings is 2. The van der Waals surface area contributed by atoms with E-state index in [2.05, 4.69) is 15.3 Å². The van der Waals surface area contributed by atoms with Crippen LogP contribution in [0.15, 0.2) is 60.8 Å². The van der Waals surface area contributed by atoms with Gasteiger partial charge in [0.2, 0.25) is 11.8 Å². The van der Waals surface area contributed by atoms with E-state index in [0.29, 0.717) is 24.0 Å². The molecule has 6 nitrogen and oxygen atoms in total. The third-order valence-electron chi connectivity index (χ3n) is 3.64. The second kappa shape index (κ2) is 8.13. The van der Waals surface area contributed by atoms with E-state index >= 15 is 0 Å². The quantitative estimate of drug-likeness (QED) is 0.665. The van der Waals surface area contributed by atoms with Crippen LogP contribution in [0.5, 0.6) is 11.6 Å². The Morgan fingerprint density at radius 1 is 1.04 bits per heavy atom. The normalized spacial score (nSPS) is 11.2. The van der Waals surface area contributed by atoms with E-state index in [1.165, 1.54) is 30.5 Å². The first-order valence-corrected chi connectivity index (χ1v) is 10.2. The zero-order valence-corrected chi connectivity index (χ0v) is 15.4. The minimum absolute atomic E-state index is 0.117. The van der Waals surface area contributed by atoms with Crippen molar-refractivity contribution in [1.82, 2.24) is 9.97 Å². The number of hydrogen-bond acceptors (Lipinski definition) is 6. The molecule has 0 radical (unpaired) electrons. The van der Waals surface area contributed by atoms with Crippen molar-refractivity contribution in [2.75, 3.05) is 17.3 Å². The lowest BCUT2D eigenvalue weighted by molar-refractivity contribution is 0.461. The third kappa shape index (κ3) is 6.03. The molecule has 0 bridgehead atoms. The summed E-state index contributed by atoms with van der Waals surface area (Å²) in [7, 11) is -2.98. The molecule has 0 amide bonds. The van der Waals surface area contributed by atoms with Crippen LogP contribution >= 0.6 is 0 Å². The van der Waals surface area contributed by atoms with Gasteiger partial charge in [-0.15, -0.1) is 0 Å². The monoisotopic (exact) mass is 387 g/mol. The summed E-state index contributed by atoms with van der Waals surface area (Å²) in [5.41, 5.74) is 1.69. The molecule has 0 aliphatic carbocycles. The van der Waals surface area contributed by atoms with E-state index in [0.717, 1.165) is 11.3 Å². The molecule has 3 aromatic rings. The van der Waals surface area contributed by atoms with Crippen LogP contribution in [0.25, 0.3) is 0 Å². The Morgan fingerprint density at radius 2 is 1.74 bits per heavy atom. The molecule has 0 fully saturated rings. The molecule has 3 rings (SSSR count). The summed E-state index contributed by atoms with van der Waals surface area (Å²) in [4.78, 5) is 8.40. The molecular formula is C19H18FN3O3S. The van der Waals surface area contributed by atoms with E-state index < -0.39 is 9.84 Å². The van der Waals surface area contributed by atoms with Crippen LogP contribution in [0.1, 0.15) is 5.56 Å². The van der Waals surface area contributed by atoms with Gasteiger partial charge in [-0.1, -0.05) is 12.1 Å². The molecule has 0 saturated heterocycles. The van der Waals surface area contributed by atoms with Gasteiger partial charge >= 0.3 is 0 Å². The van der Waals surface area contributed by atoms with Gasteiger partial charge in [-0.05, 0) is 48.4 Å². The zero-order chi connectivity index (χ0) is 19.3. The molecular weight excluding hydrogens is 369 g/mol. The van der Waals surface area contributed by atoms with Gasteiger partial charge in [0.25, 0.3) is 0 Å². The van der Waals surface area contributed by atoms with Gasteiger partial charge in [-0.2, -0.15) is 4.98 Å². The van der Waals surface area contributed by atoms with Crippen molar-refractivity contribution in [3.05, 3.63) is 72.2 Å². The summed E-state index contributed by atoms with van der Waals surface area (Å²) in [6, 6.07) is 14.6. The van der Waals surface area contributed by atoms with Gasteiger partial charge in [-0.25, -0.2) is 17.8 Å². The fourth-order valence-corrected chi connectivity index (χ4v) is 2.88. The summed E-state index contributed by atoms with van der Waals surface area (Å²) in [6.45, 7) is 0. The van der Waals surface area contributed by atoms with Crippen LogP contribution in [0.3, 0.4) is 0 Å². The highest BCUT2D eigenvalue weighted by Crippen LogP contribution is 2.21. The molecule has 0 saturated carbocycles. The first kappa shape index (κ1) is 18.8. The van der Waals surface area contributed by atoms with Crippen molar-refractivity contribution in [2.24, 2.45) is 0 Å². The molecule has 0 atom stereocenters. The average molecular weight is 387 g/mol. The number of sulfone groups is 1. The average Bonchev–Trinajstić information content (AvgIpc) is 2.63. The number of hydrogen-bond donors (Lipinski definition) is 1. The number of aryl methyl sites for hydroxylation is 1. The van der Waals surface area contributed by atoms with Crippen LogP contribution in [0.2, 0.25) is 0 Å². The Hall–Kier alpha value is -3.00. The summed E-state index contributed by atoms with van der Waals surface area (Å²) in [6.07, 6.45) is 3.24. The van der Waals surface area contributed by atoms with Crippen molar-refractivity contribution < 1.29 is 17.5 Å². The molecule has 140 valence electrons. The summed E-state index contributed by atoms with van der Waals surface area (Å²) < 4.78 is 41.0. The lowest BCUT2D eigenvalue weighted by Crippen LogP contribution is -2.05. The molecule has 0 aliphatic heterocycles. The highest BCUT2D eigenvalue weighted by atomic mass is 32.2. The summed E-state index contributed by atoms with van der Waals surface area (Å²) >= 11 is 0. The molecule has 1 aromatic heterocycles. The van der Waals surface area contributed by atoms with Gasteiger partial charge in [0, 0.05) is 24.2 Å². The largest absolute Gasteiger partial charge is 0.439 e. The Balaban J connectivity index is 1.64. The van der Waals surface area contributed by atoms with Crippen LogP contribution in [-0.2, 0) is 16.3 Å². The Bertz CT molecular complexity index is 1010. The van der Waals surface area contributed by atoms with Crippen LogP contribution in [0, 0.1) is 5.82 Å². The molecule has 2 aromatic carbocycles. The predicted octanol–water partition coefficient (Wildman–Crippen LogP) is 3.74. The summed E-state index contributed by atoms with van der Waals surface area (Å²) in [5.74, 6) is 0.914. The molecule has 0 unspecified atom stereocenters. The smallest absolute Gasteiger partial charge is 0.230 e. The van der Waals surface area contributed by atoms with Crippen LogP contribution in [-0.4, -0.2) is 30.4 Å². The topological polar surface area (TPSA) is 81.2 Å². The van der Waals surface area contributed by atoms with Crippen molar-refractivity contribution in [3.8, 4) is 11.6 Å². The standard InChI is InChI=1S/C19H18FN3O3S/c1-27(24,25)13-11-14-2-6-16(7-3-14)22-19-21-12-10-18(23-19)26-17-8-4-15(20)5-9-17/h2-10,12H,11,13H2,1H3,(H,21,22,23). The molecule has 27 heavy (non-hydrogen) atoms. The maximum atomic E-state index is 12.9. The minimum Gasteiger partial charge on any atom is -0.439 e. The SMILES string of the molecule is CS(=O)(=O)CCc1ccc(Nc2nccc(Oc3ccc(F)cc3)n2)cc1. The number of halogens is 1. The highest BCUT2D eigenvalue weighted by Gasteiger charge is 2.05. The van der Waals surface area contributed by atoms with Crippen LogP contribution in [0.4, 0.5) is 16.0 Å². The van der Waals surface area contributed by atoms with E-state index in [1.807, 2.05) is 24.3 Å². The van der Waals surface area contributed by atoms with Crippen molar-refractivity contribution in [3.63, 3.8) is 0 Å². The third-order valence-corrected chi connectivity index (χ3v) is 4.58. The van der Waals surface area contributed by atoms with E-state index in [-0.39, 0.29) is 11.6 Å². The maximum Gasteiger partial charge on any atom is 0.230 e. The number of aromatic nitrogens is 2. The molecule has 8 heteroatoms. The van der Waals surface area contributed by atoms with E-state index in [1.54, 1.807) is 12.3 Å². The van der Waals surface area contributed by atoms with E-state index in [9.17, 15) is 12.8 Å². The minimum atomic E-state index is -2.98. The number of nitrogens with one attached hydrogen (secondary N) is 1. The summed E-state index contributed by atoms with van der Waals surface area (Å²) in [5, 5.41) is 3.06. The second-order valence-corrected chi connectivity index (χ2v) is 8.24. The first-order chi connectivity index (χ1) is 12.9. The van der Waals surface area contributed by atoms with Crippen molar-refractivity contribution in [1.29, 1.82) is 0 Å². The Morgan fingerprint density at radius 3 is 2.41 bits per heavy atom. The van der Waals surface area contributed by atoms with Crippen LogP contribution < -0.4 is 10.1 Å². The zero-order valence-electron chi connectivity index (χ0n) is 14.6. The molecule has 0 spiro atoms. The fraction of sp³-hybridized carbons (Fsp3) is 0.158. The Kier molecular flexibility index (Phi) is 5.66. The first-order valence-electron chi connectivity index (χ1n) is 8.17. The lowest BCUT2D eigenvalue weighted by Gasteiger charge is -2.08. The number of ether oxygens (including phenoxy) is 1. The number of rotatable bonds is 7. The van der Waals surface area contributed by atoms with Crippen molar-refractivity contribution in [2.45, 2.75) is 6.42 Å². The van der Waals surface area contributed by atoms with Crippen molar-refractivity contribution >= 4 is 21.5 Å². The van der Waals surface area contributed by atoms with Gasteiger partial charge in [0.1, 0.15) is 21.4 Å². The van der Waals surface area contributed by atoms with Gasteiger partial charge in [-0.3, -0.25) is 0 Å².